The highest BCUT2D eigenvalue weighted by molar-refractivity contribution is 5.97. The van der Waals surface area contributed by atoms with Gasteiger partial charge in [-0.15, -0.1) is 0 Å². The molecule has 1 aromatic rings. The monoisotopic (exact) mass is 277 g/mol. The first-order valence-corrected chi connectivity index (χ1v) is 6.83. The number of anilines is 1. The first-order chi connectivity index (χ1) is 9.49. The van der Waals surface area contributed by atoms with Crippen LogP contribution in [0.15, 0.2) is 18.2 Å². The first kappa shape index (κ1) is 16.2. The van der Waals surface area contributed by atoms with E-state index < -0.39 is 0 Å². The van der Waals surface area contributed by atoms with Crippen LogP contribution in [0.5, 0.6) is 0 Å². The lowest BCUT2D eigenvalue weighted by Gasteiger charge is -2.14. The fourth-order valence-electron chi connectivity index (χ4n) is 1.86. The molecule has 0 aliphatic heterocycles. The summed E-state index contributed by atoms with van der Waals surface area (Å²) in [4.78, 5) is 23.7. The van der Waals surface area contributed by atoms with E-state index in [9.17, 15) is 9.59 Å². The van der Waals surface area contributed by atoms with Crippen LogP contribution in [0.4, 0.5) is 5.69 Å². The van der Waals surface area contributed by atoms with Crippen molar-refractivity contribution in [1.29, 1.82) is 0 Å². The van der Waals surface area contributed by atoms with Crippen molar-refractivity contribution in [1.82, 2.24) is 10.6 Å². The van der Waals surface area contributed by atoms with Gasteiger partial charge in [0, 0.05) is 30.3 Å². The molecule has 0 fully saturated rings. The average molecular weight is 277 g/mol. The quantitative estimate of drug-likeness (QED) is 0.738. The topological polar surface area (TPSA) is 70.2 Å². The number of rotatable bonds is 6. The van der Waals surface area contributed by atoms with Gasteiger partial charge in [-0.3, -0.25) is 9.59 Å². The fourth-order valence-corrected chi connectivity index (χ4v) is 1.86. The van der Waals surface area contributed by atoms with Gasteiger partial charge in [-0.05, 0) is 44.7 Å². The first-order valence-electron chi connectivity index (χ1n) is 6.83. The van der Waals surface area contributed by atoms with Gasteiger partial charge in [0.1, 0.15) is 0 Å². The summed E-state index contributed by atoms with van der Waals surface area (Å²) >= 11 is 0. The fraction of sp³-hybridized carbons (Fsp3) is 0.467. The molecule has 0 aliphatic rings. The molecule has 0 aromatic heterocycles. The van der Waals surface area contributed by atoms with Gasteiger partial charge in [0.2, 0.25) is 5.91 Å². The van der Waals surface area contributed by atoms with Crippen molar-refractivity contribution in [3.63, 3.8) is 0 Å². The van der Waals surface area contributed by atoms with Crippen molar-refractivity contribution in [3.05, 3.63) is 29.3 Å². The van der Waals surface area contributed by atoms with Gasteiger partial charge < -0.3 is 16.0 Å². The second-order valence-corrected chi connectivity index (χ2v) is 4.84. The van der Waals surface area contributed by atoms with Crippen molar-refractivity contribution in [2.24, 2.45) is 5.92 Å². The molecule has 1 atom stereocenters. The van der Waals surface area contributed by atoms with Crippen LogP contribution in [0.2, 0.25) is 0 Å². The molecule has 5 heteroatoms. The molecule has 0 saturated heterocycles. The zero-order valence-corrected chi connectivity index (χ0v) is 12.5. The number of carbonyl (C=O) groups excluding carboxylic acids is 2. The van der Waals surface area contributed by atoms with Gasteiger partial charge in [0.15, 0.2) is 0 Å². The molecular formula is C15H23N3O2. The highest BCUT2D eigenvalue weighted by atomic mass is 16.2. The smallest absolute Gasteiger partial charge is 0.251 e. The van der Waals surface area contributed by atoms with Gasteiger partial charge in [0.05, 0.1) is 0 Å². The normalized spacial score (nSPS) is 11.8. The van der Waals surface area contributed by atoms with E-state index in [4.69, 9.17) is 0 Å². The molecule has 0 radical (unpaired) electrons. The number of benzene rings is 1. The molecule has 0 heterocycles. The van der Waals surface area contributed by atoms with Crippen LogP contribution < -0.4 is 16.0 Å². The molecule has 1 rings (SSSR count). The lowest BCUT2D eigenvalue weighted by molar-refractivity contribution is -0.119. The van der Waals surface area contributed by atoms with Crippen molar-refractivity contribution in [3.8, 4) is 0 Å². The molecule has 5 nitrogen and oxygen atoms in total. The standard InChI is InChI=1S/C15H23N3O2/c1-5-17-15(20)12-6-7-13(10(2)8-12)18-14(19)11(3)9-16-4/h6-8,11,16H,5,9H2,1-4H3,(H,17,20)(H,18,19). The van der Waals surface area contributed by atoms with Gasteiger partial charge in [-0.2, -0.15) is 0 Å². The minimum Gasteiger partial charge on any atom is -0.352 e. The van der Waals surface area contributed by atoms with E-state index in [-0.39, 0.29) is 17.7 Å². The van der Waals surface area contributed by atoms with E-state index in [2.05, 4.69) is 16.0 Å². The SMILES string of the molecule is CCNC(=O)c1ccc(NC(=O)C(C)CNC)c(C)c1. The van der Waals surface area contributed by atoms with E-state index in [1.807, 2.05) is 27.8 Å². The van der Waals surface area contributed by atoms with Crippen LogP contribution in [-0.4, -0.2) is 32.0 Å². The molecule has 0 spiro atoms. The number of amides is 2. The third kappa shape index (κ3) is 4.35. The number of aryl methyl sites for hydroxylation is 1. The van der Waals surface area contributed by atoms with Crippen molar-refractivity contribution in [2.75, 3.05) is 25.5 Å². The van der Waals surface area contributed by atoms with E-state index in [1.54, 1.807) is 18.2 Å². The molecule has 110 valence electrons. The molecule has 1 aromatic carbocycles. The summed E-state index contributed by atoms with van der Waals surface area (Å²) in [7, 11) is 1.82. The Hall–Kier alpha value is -1.88. The minimum atomic E-state index is -0.109. The zero-order chi connectivity index (χ0) is 15.1. The summed E-state index contributed by atoms with van der Waals surface area (Å²) in [5, 5.41) is 8.61. The Bertz CT molecular complexity index is 486. The third-order valence-corrected chi connectivity index (χ3v) is 3.04. The van der Waals surface area contributed by atoms with Crippen molar-refractivity contribution in [2.45, 2.75) is 20.8 Å². The lowest BCUT2D eigenvalue weighted by atomic mass is 10.1. The van der Waals surface area contributed by atoms with Crippen LogP contribution in [-0.2, 0) is 4.79 Å². The number of hydrogen-bond donors (Lipinski definition) is 3. The Morgan fingerprint density at radius 1 is 1.30 bits per heavy atom. The predicted octanol–water partition coefficient (Wildman–Crippen LogP) is 1.54. The number of carbonyl (C=O) groups is 2. The summed E-state index contributed by atoms with van der Waals surface area (Å²) in [6.45, 7) is 6.84. The molecule has 0 saturated carbocycles. The third-order valence-electron chi connectivity index (χ3n) is 3.04. The summed E-state index contributed by atoms with van der Waals surface area (Å²) in [6, 6.07) is 5.27. The highest BCUT2D eigenvalue weighted by Gasteiger charge is 2.13. The second kappa shape index (κ2) is 7.65. The Kier molecular flexibility index (Phi) is 6.18. The molecule has 1 unspecified atom stereocenters. The maximum atomic E-state index is 11.9. The average Bonchev–Trinajstić information content (AvgIpc) is 2.41. The summed E-state index contributed by atoms with van der Waals surface area (Å²) < 4.78 is 0. The number of hydrogen-bond acceptors (Lipinski definition) is 3. The van der Waals surface area contributed by atoms with E-state index in [0.29, 0.717) is 18.7 Å². The molecule has 3 N–H and O–H groups in total. The number of nitrogens with one attached hydrogen (secondary N) is 3. The van der Waals surface area contributed by atoms with E-state index in [1.165, 1.54) is 0 Å². The van der Waals surface area contributed by atoms with Gasteiger partial charge >= 0.3 is 0 Å². The maximum Gasteiger partial charge on any atom is 0.251 e. The molecule has 0 aliphatic carbocycles. The van der Waals surface area contributed by atoms with Crippen LogP contribution in [0.3, 0.4) is 0 Å². The van der Waals surface area contributed by atoms with Gasteiger partial charge in [-0.1, -0.05) is 6.92 Å². The molecule has 20 heavy (non-hydrogen) atoms. The molecular weight excluding hydrogens is 254 g/mol. The lowest BCUT2D eigenvalue weighted by Crippen LogP contribution is -2.29. The van der Waals surface area contributed by atoms with Crippen molar-refractivity contribution < 1.29 is 9.59 Å². The van der Waals surface area contributed by atoms with Crippen LogP contribution in [0.25, 0.3) is 0 Å². The van der Waals surface area contributed by atoms with Gasteiger partial charge in [-0.25, -0.2) is 0 Å². The maximum absolute atomic E-state index is 11.9. The Labute approximate surface area is 120 Å². The zero-order valence-electron chi connectivity index (χ0n) is 12.5. The highest BCUT2D eigenvalue weighted by Crippen LogP contribution is 2.17. The van der Waals surface area contributed by atoms with Gasteiger partial charge in [0.25, 0.3) is 5.91 Å². The Morgan fingerprint density at radius 2 is 2.00 bits per heavy atom. The second-order valence-electron chi connectivity index (χ2n) is 4.84. The summed E-state index contributed by atoms with van der Waals surface area (Å²) in [6.07, 6.45) is 0. The molecule has 0 bridgehead atoms. The summed E-state index contributed by atoms with van der Waals surface area (Å²) in [5.74, 6) is -0.243. The van der Waals surface area contributed by atoms with Crippen LogP contribution in [0.1, 0.15) is 29.8 Å². The Balaban J connectivity index is 2.78. The Morgan fingerprint density at radius 3 is 2.55 bits per heavy atom. The van der Waals surface area contributed by atoms with Crippen molar-refractivity contribution >= 4 is 17.5 Å². The van der Waals surface area contributed by atoms with Crippen LogP contribution >= 0.6 is 0 Å². The minimum absolute atomic E-state index is 0.0341. The van der Waals surface area contributed by atoms with Crippen LogP contribution in [0, 0.1) is 12.8 Å². The van der Waals surface area contributed by atoms with E-state index in [0.717, 1.165) is 11.3 Å². The largest absolute Gasteiger partial charge is 0.352 e. The molecule has 2 amide bonds. The predicted molar refractivity (Wildman–Crippen MR) is 80.9 cm³/mol. The summed E-state index contributed by atoms with van der Waals surface area (Å²) in [5.41, 5.74) is 2.22. The van der Waals surface area contributed by atoms with E-state index >= 15 is 0 Å².